The Labute approximate surface area is 124 Å². The van der Waals surface area contributed by atoms with Crippen LogP contribution in [0, 0.1) is 5.82 Å². The van der Waals surface area contributed by atoms with Crippen molar-refractivity contribution in [1.82, 2.24) is 9.78 Å². The fourth-order valence-corrected chi connectivity index (χ4v) is 2.60. The van der Waals surface area contributed by atoms with Crippen LogP contribution in [0.5, 0.6) is 5.75 Å². The summed E-state index contributed by atoms with van der Waals surface area (Å²) in [5.74, 6) is -0.109. The first-order chi connectivity index (χ1) is 9.56. The molecule has 2 aromatic rings. The molecule has 0 amide bonds. The van der Waals surface area contributed by atoms with Crippen LogP contribution in [0.15, 0.2) is 22.7 Å². The summed E-state index contributed by atoms with van der Waals surface area (Å²) in [4.78, 5) is 10.9. The number of aromatic nitrogens is 2. The molecule has 1 aromatic carbocycles. The topological polar surface area (TPSA) is 44.1 Å². The van der Waals surface area contributed by atoms with Gasteiger partial charge in [0.25, 0.3) is 0 Å². The summed E-state index contributed by atoms with van der Waals surface area (Å²) in [6.07, 6.45) is 1.39. The quantitative estimate of drug-likeness (QED) is 0.784. The summed E-state index contributed by atoms with van der Waals surface area (Å²) >= 11 is 3.49. The lowest BCUT2D eigenvalue weighted by Gasteiger charge is -2.09. The van der Waals surface area contributed by atoms with E-state index in [1.165, 1.54) is 12.1 Å². The van der Waals surface area contributed by atoms with Gasteiger partial charge in [0, 0.05) is 7.05 Å². The van der Waals surface area contributed by atoms with E-state index in [1.807, 2.05) is 14.0 Å². The molecular formula is C14H14BrFN2O2. The number of carbonyl (C=O) groups excluding carboxylic acids is 1. The Morgan fingerprint density at radius 2 is 2.25 bits per heavy atom. The highest BCUT2D eigenvalue weighted by atomic mass is 79.9. The van der Waals surface area contributed by atoms with Crippen molar-refractivity contribution in [3.63, 3.8) is 0 Å². The number of halogens is 2. The minimum absolute atomic E-state index is 0.194. The number of carbonyl (C=O) groups is 1. The maximum Gasteiger partial charge on any atom is 0.153 e. The van der Waals surface area contributed by atoms with Crippen molar-refractivity contribution >= 4 is 22.2 Å². The number of ether oxygens (including phenoxy) is 1. The van der Waals surface area contributed by atoms with Crippen molar-refractivity contribution in [1.29, 1.82) is 0 Å². The van der Waals surface area contributed by atoms with E-state index in [0.717, 1.165) is 28.3 Å². The maximum atomic E-state index is 13.0. The summed E-state index contributed by atoms with van der Waals surface area (Å²) in [7, 11) is 1.83. The van der Waals surface area contributed by atoms with Crippen LogP contribution in [0.2, 0.25) is 0 Å². The van der Waals surface area contributed by atoms with Crippen molar-refractivity contribution in [3.8, 4) is 5.75 Å². The number of hydrogen-bond donors (Lipinski definition) is 0. The minimum atomic E-state index is -0.463. The zero-order chi connectivity index (χ0) is 14.7. The van der Waals surface area contributed by atoms with Crippen LogP contribution in [0.1, 0.15) is 28.7 Å². The number of nitrogens with zero attached hydrogens (tertiary/aromatic N) is 2. The average Bonchev–Trinajstić information content (AvgIpc) is 2.72. The lowest BCUT2D eigenvalue weighted by Crippen LogP contribution is -2.05. The van der Waals surface area contributed by atoms with Gasteiger partial charge < -0.3 is 4.74 Å². The standard InChI is InChI=1S/C14H14BrFN2O2/c1-3-11-14(15)12(18(2)17-11)8-20-13-5-4-10(16)6-9(13)7-19/h4-7H,3,8H2,1-2H3. The van der Waals surface area contributed by atoms with Crippen molar-refractivity contribution in [3.05, 3.63) is 45.4 Å². The van der Waals surface area contributed by atoms with Crippen LogP contribution < -0.4 is 4.74 Å². The third-order valence-corrected chi connectivity index (χ3v) is 3.88. The third-order valence-electron chi connectivity index (χ3n) is 2.97. The van der Waals surface area contributed by atoms with Gasteiger partial charge in [0.15, 0.2) is 6.29 Å². The second-order valence-corrected chi connectivity index (χ2v) is 5.07. The molecule has 1 aromatic heterocycles. The van der Waals surface area contributed by atoms with E-state index in [-0.39, 0.29) is 12.2 Å². The molecule has 0 saturated heterocycles. The number of aryl methyl sites for hydroxylation is 2. The molecule has 0 spiro atoms. The summed E-state index contributed by atoms with van der Waals surface area (Å²) in [5, 5.41) is 4.36. The average molecular weight is 341 g/mol. The summed E-state index contributed by atoms with van der Waals surface area (Å²) < 4.78 is 21.3. The van der Waals surface area contributed by atoms with Gasteiger partial charge in [-0.2, -0.15) is 5.10 Å². The number of benzene rings is 1. The molecule has 106 valence electrons. The number of aldehydes is 1. The fraction of sp³-hybridized carbons (Fsp3) is 0.286. The van der Waals surface area contributed by atoms with E-state index < -0.39 is 5.82 Å². The van der Waals surface area contributed by atoms with Gasteiger partial charge in [-0.05, 0) is 40.5 Å². The van der Waals surface area contributed by atoms with Crippen LogP contribution in [0.25, 0.3) is 0 Å². The zero-order valence-corrected chi connectivity index (χ0v) is 12.8. The van der Waals surface area contributed by atoms with Crippen molar-refractivity contribution < 1.29 is 13.9 Å². The highest BCUT2D eigenvalue weighted by Gasteiger charge is 2.14. The monoisotopic (exact) mass is 340 g/mol. The lowest BCUT2D eigenvalue weighted by molar-refractivity contribution is 0.111. The Kier molecular flexibility index (Phi) is 4.54. The van der Waals surface area contributed by atoms with Gasteiger partial charge in [0.1, 0.15) is 18.2 Å². The fourth-order valence-electron chi connectivity index (χ4n) is 1.87. The Morgan fingerprint density at radius 1 is 1.50 bits per heavy atom. The minimum Gasteiger partial charge on any atom is -0.487 e. The van der Waals surface area contributed by atoms with Crippen LogP contribution in [0.4, 0.5) is 4.39 Å². The van der Waals surface area contributed by atoms with Gasteiger partial charge in [-0.15, -0.1) is 0 Å². The highest BCUT2D eigenvalue weighted by Crippen LogP contribution is 2.24. The maximum absolute atomic E-state index is 13.0. The van der Waals surface area contributed by atoms with E-state index in [9.17, 15) is 9.18 Å². The van der Waals surface area contributed by atoms with E-state index in [4.69, 9.17) is 4.74 Å². The SMILES string of the molecule is CCc1nn(C)c(COc2ccc(F)cc2C=O)c1Br. The molecule has 20 heavy (non-hydrogen) atoms. The van der Waals surface area contributed by atoms with Crippen molar-refractivity contribution in [2.75, 3.05) is 0 Å². The first-order valence-corrected chi connectivity index (χ1v) is 6.93. The molecule has 0 N–H and O–H groups in total. The Hall–Kier alpha value is -1.69. The molecule has 0 aliphatic heterocycles. The zero-order valence-electron chi connectivity index (χ0n) is 11.2. The van der Waals surface area contributed by atoms with Crippen LogP contribution >= 0.6 is 15.9 Å². The Bertz CT molecular complexity index is 640. The molecule has 0 unspecified atom stereocenters. The molecule has 1 heterocycles. The van der Waals surface area contributed by atoms with Gasteiger partial charge in [-0.3, -0.25) is 9.48 Å². The van der Waals surface area contributed by atoms with Crippen LogP contribution in [0.3, 0.4) is 0 Å². The molecule has 2 rings (SSSR count). The molecule has 0 radical (unpaired) electrons. The highest BCUT2D eigenvalue weighted by molar-refractivity contribution is 9.10. The second-order valence-electron chi connectivity index (χ2n) is 4.27. The van der Waals surface area contributed by atoms with E-state index in [0.29, 0.717) is 12.0 Å². The van der Waals surface area contributed by atoms with Crippen molar-refractivity contribution in [2.24, 2.45) is 7.05 Å². The van der Waals surface area contributed by atoms with Crippen LogP contribution in [-0.2, 0) is 20.1 Å². The molecule has 0 atom stereocenters. The second kappa shape index (κ2) is 6.17. The molecule has 0 aliphatic rings. The van der Waals surface area contributed by atoms with Gasteiger partial charge in [-0.1, -0.05) is 6.92 Å². The summed E-state index contributed by atoms with van der Waals surface area (Å²) in [5.41, 5.74) is 2.00. The first-order valence-electron chi connectivity index (χ1n) is 6.14. The van der Waals surface area contributed by atoms with Gasteiger partial charge in [-0.25, -0.2) is 4.39 Å². The predicted molar refractivity (Wildman–Crippen MR) is 76.4 cm³/mol. The summed E-state index contributed by atoms with van der Waals surface area (Å²) in [6.45, 7) is 2.26. The molecule has 0 bridgehead atoms. The van der Waals surface area contributed by atoms with Crippen LogP contribution in [-0.4, -0.2) is 16.1 Å². The van der Waals surface area contributed by atoms with Crippen molar-refractivity contribution in [2.45, 2.75) is 20.0 Å². The van der Waals surface area contributed by atoms with Gasteiger partial charge >= 0.3 is 0 Å². The third kappa shape index (κ3) is 2.90. The molecular weight excluding hydrogens is 327 g/mol. The van der Waals surface area contributed by atoms with Gasteiger partial charge in [0.2, 0.25) is 0 Å². The lowest BCUT2D eigenvalue weighted by atomic mass is 10.2. The molecule has 0 saturated carbocycles. The molecule has 4 nitrogen and oxygen atoms in total. The van der Waals surface area contributed by atoms with Gasteiger partial charge in [0.05, 0.1) is 21.4 Å². The number of hydrogen-bond acceptors (Lipinski definition) is 3. The number of rotatable bonds is 5. The van der Waals surface area contributed by atoms with E-state index in [1.54, 1.807) is 4.68 Å². The Morgan fingerprint density at radius 3 is 2.85 bits per heavy atom. The molecule has 0 aliphatic carbocycles. The molecule has 6 heteroatoms. The summed E-state index contributed by atoms with van der Waals surface area (Å²) in [6, 6.07) is 3.86. The Balaban J connectivity index is 2.21. The smallest absolute Gasteiger partial charge is 0.153 e. The first kappa shape index (κ1) is 14.7. The largest absolute Gasteiger partial charge is 0.487 e. The predicted octanol–water partition coefficient (Wildman–Crippen LogP) is 3.28. The van der Waals surface area contributed by atoms with E-state index >= 15 is 0 Å². The van der Waals surface area contributed by atoms with E-state index in [2.05, 4.69) is 21.0 Å². The molecule has 0 fully saturated rings. The normalized spacial score (nSPS) is 10.6.